The number of rotatable bonds is 6. The van der Waals surface area contributed by atoms with Gasteiger partial charge in [-0.1, -0.05) is 30.3 Å². The van der Waals surface area contributed by atoms with Crippen LogP contribution in [0.15, 0.2) is 30.3 Å². The average Bonchev–Trinajstić information content (AvgIpc) is 2.99. The van der Waals surface area contributed by atoms with Crippen molar-refractivity contribution >= 4 is 17.8 Å². The number of nitrogens with zero attached hydrogens (tertiary/aromatic N) is 1. The van der Waals surface area contributed by atoms with Crippen molar-refractivity contribution in [1.29, 1.82) is 0 Å². The Morgan fingerprint density at radius 3 is 2.58 bits per heavy atom. The molecular formula is C17H19F3N2O4. The summed E-state index contributed by atoms with van der Waals surface area (Å²) in [7, 11) is 0. The van der Waals surface area contributed by atoms with Crippen molar-refractivity contribution in [3.8, 4) is 0 Å². The topological polar surface area (TPSA) is 75.7 Å². The molecule has 0 spiro atoms. The van der Waals surface area contributed by atoms with E-state index >= 15 is 0 Å². The van der Waals surface area contributed by atoms with Gasteiger partial charge in [-0.15, -0.1) is 0 Å². The Labute approximate surface area is 148 Å². The van der Waals surface area contributed by atoms with E-state index in [0.717, 1.165) is 5.56 Å². The van der Waals surface area contributed by atoms with E-state index in [2.05, 4.69) is 0 Å². The van der Waals surface area contributed by atoms with Gasteiger partial charge in [-0.25, -0.2) is 0 Å². The molecule has 1 fully saturated rings. The molecule has 2 amide bonds. The fourth-order valence-corrected chi connectivity index (χ4v) is 2.68. The number of alkyl halides is 3. The van der Waals surface area contributed by atoms with Gasteiger partial charge < -0.3 is 15.0 Å². The summed E-state index contributed by atoms with van der Waals surface area (Å²) in [5.41, 5.74) is 0.918. The maximum atomic E-state index is 12.2. The van der Waals surface area contributed by atoms with Gasteiger partial charge in [0.15, 0.2) is 6.61 Å². The molecule has 0 radical (unpaired) electrons. The Bertz CT molecular complexity index is 664. The zero-order valence-corrected chi connectivity index (χ0v) is 14.1. The second kappa shape index (κ2) is 8.20. The number of carbonyl (C=O) groups is 3. The van der Waals surface area contributed by atoms with E-state index in [-0.39, 0.29) is 24.9 Å². The molecule has 0 aliphatic carbocycles. The first-order valence-electron chi connectivity index (χ1n) is 8.02. The van der Waals surface area contributed by atoms with Crippen molar-refractivity contribution in [2.24, 2.45) is 5.92 Å². The van der Waals surface area contributed by atoms with Crippen LogP contribution in [0.5, 0.6) is 0 Å². The van der Waals surface area contributed by atoms with Gasteiger partial charge in [0.1, 0.15) is 6.54 Å². The zero-order valence-electron chi connectivity index (χ0n) is 14.1. The first-order valence-corrected chi connectivity index (χ1v) is 8.02. The number of likely N-dealkylation sites (tertiary alicyclic amines) is 1. The number of nitrogens with one attached hydrogen (secondary N) is 1. The second-order valence-corrected chi connectivity index (χ2v) is 6.03. The number of amides is 2. The monoisotopic (exact) mass is 372 g/mol. The standard InChI is InChI=1S/C17H19F3N2O4/c1-11(12-5-3-2-4-6-12)22-8-13(7-15(22)24)16(25)26-9-14(23)21-10-17(18,19)20/h2-6,11,13H,7-10H2,1H3,(H,21,23)/t11-,13+/m0/s1. The summed E-state index contributed by atoms with van der Waals surface area (Å²) < 4.78 is 40.7. The van der Waals surface area contributed by atoms with Gasteiger partial charge in [0.2, 0.25) is 5.91 Å². The smallest absolute Gasteiger partial charge is 0.405 e. The third-order valence-corrected chi connectivity index (χ3v) is 4.07. The molecule has 1 saturated heterocycles. The maximum absolute atomic E-state index is 12.2. The predicted molar refractivity (Wildman–Crippen MR) is 84.7 cm³/mol. The van der Waals surface area contributed by atoms with Crippen LogP contribution in [-0.2, 0) is 19.1 Å². The molecule has 142 valence electrons. The van der Waals surface area contributed by atoms with Crippen LogP contribution in [-0.4, -0.2) is 48.6 Å². The van der Waals surface area contributed by atoms with Gasteiger partial charge in [0.25, 0.3) is 5.91 Å². The van der Waals surface area contributed by atoms with Crippen LogP contribution in [0.2, 0.25) is 0 Å². The molecule has 1 aliphatic heterocycles. The number of hydrogen-bond donors (Lipinski definition) is 1. The minimum Gasteiger partial charge on any atom is -0.455 e. The highest BCUT2D eigenvalue weighted by Crippen LogP contribution is 2.28. The lowest BCUT2D eigenvalue weighted by atomic mass is 10.1. The fourth-order valence-electron chi connectivity index (χ4n) is 2.68. The molecule has 0 saturated carbocycles. The van der Waals surface area contributed by atoms with Gasteiger partial charge in [-0.2, -0.15) is 13.2 Å². The molecule has 2 atom stereocenters. The summed E-state index contributed by atoms with van der Waals surface area (Å²) in [4.78, 5) is 37.0. The van der Waals surface area contributed by atoms with Crippen molar-refractivity contribution in [3.63, 3.8) is 0 Å². The Morgan fingerprint density at radius 1 is 1.31 bits per heavy atom. The Balaban J connectivity index is 1.84. The van der Waals surface area contributed by atoms with Crippen molar-refractivity contribution in [2.75, 3.05) is 19.7 Å². The molecule has 1 N–H and O–H groups in total. The SMILES string of the molecule is C[C@@H](c1ccccc1)N1C[C@H](C(=O)OCC(=O)NCC(F)(F)F)CC1=O. The summed E-state index contributed by atoms with van der Waals surface area (Å²) in [5, 5.41) is 1.61. The third-order valence-electron chi connectivity index (χ3n) is 4.07. The van der Waals surface area contributed by atoms with Crippen LogP contribution in [0.25, 0.3) is 0 Å². The molecule has 6 nitrogen and oxygen atoms in total. The van der Waals surface area contributed by atoms with E-state index in [0.29, 0.717) is 0 Å². The quantitative estimate of drug-likeness (QED) is 0.773. The highest BCUT2D eigenvalue weighted by Gasteiger charge is 2.38. The summed E-state index contributed by atoms with van der Waals surface area (Å²) in [6.45, 7) is -0.328. The fraction of sp³-hybridized carbons (Fsp3) is 0.471. The molecule has 0 bridgehead atoms. The van der Waals surface area contributed by atoms with Crippen LogP contribution in [0.3, 0.4) is 0 Å². The number of benzene rings is 1. The van der Waals surface area contributed by atoms with E-state index in [1.165, 1.54) is 0 Å². The van der Waals surface area contributed by atoms with Crippen molar-refractivity contribution in [3.05, 3.63) is 35.9 Å². The maximum Gasteiger partial charge on any atom is 0.405 e. The number of carbonyl (C=O) groups excluding carboxylic acids is 3. The third kappa shape index (κ3) is 5.47. The van der Waals surface area contributed by atoms with Crippen LogP contribution in [0.4, 0.5) is 13.2 Å². The number of esters is 1. The molecule has 1 aromatic carbocycles. The van der Waals surface area contributed by atoms with E-state index in [1.54, 1.807) is 10.2 Å². The summed E-state index contributed by atoms with van der Waals surface area (Å²) in [6, 6.07) is 9.06. The van der Waals surface area contributed by atoms with Gasteiger partial charge in [-0.3, -0.25) is 14.4 Å². The summed E-state index contributed by atoms with van der Waals surface area (Å²) in [5.74, 6) is -2.79. The second-order valence-electron chi connectivity index (χ2n) is 6.03. The molecule has 1 heterocycles. The predicted octanol–water partition coefficient (Wildman–Crippen LogP) is 1.82. The van der Waals surface area contributed by atoms with E-state index in [1.807, 2.05) is 37.3 Å². The van der Waals surface area contributed by atoms with Gasteiger partial charge in [0, 0.05) is 13.0 Å². The van der Waals surface area contributed by atoms with E-state index < -0.39 is 37.1 Å². The van der Waals surface area contributed by atoms with Crippen molar-refractivity contribution in [1.82, 2.24) is 10.2 Å². The molecule has 26 heavy (non-hydrogen) atoms. The van der Waals surface area contributed by atoms with Gasteiger partial charge >= 0.3 is 12.1 Å². The largest absolute Gasteiger partial charge is 0.455 e. The zero-order chi connectivity index (χ0) is 19.3. The van der Waals surface area contributed by atoms with Crippen molar-refractivity contribution < 1.29 is 32.3 Å². The van der Waals surface area contributed by atoms with Crippen molar-refractivity contribution in [2.45, 2.75) is 25.6 Å². The average molecular weight is 372 g/mol. The first kappa shape index (κ1) is 19.7. The number of ether oxygens (including phenoxy) is 1. The lowest BCUT2D eigenvalue weighted by Crippen LogP contribution is -2.37. The molecule has 0 aromatic heterocycles. The summed E-state index contributed by atoms with van der Waals surface area (Å²) in [6.07, 6.45) is -4.59. The molecule has 2 rings (SSSR count). The van der Waals surface area contributed by atoms with E-state index in [4.69, 9.17) is 4.74 Å². The molecule has 0 unspecified atom stereocenters. The normalized spacial score (nSPS) is 18.5. The van der Waals surface area contributed by atoms with Crippen LogP contribution < -0.4 is 5.32 Å². The first-order chi connectivity index (χ1) is 12.2. The number of halogens is 3. The Morgan fingerprint density at radius 2 is 1.96 bits per heavy atom. The van der Waals surface area contributed by atoms with Gasteiger partial charge in [-0.05, 0) is 12.5 Å². The molecule has 1 aromatic rings. The van der Waals surface area contributed by atoms with Crippen LogP contribution in [0, 0.1) is 5.92 Å². The summed E-state index contributed by atoms with van der Waals surface area (Å²) >= 11 is 0. The molecule has 1 aliphatic rings. The highest BCUT2D eigenvalue weighted by atomic mass is 19.4. The molecular weight excluding hydrogens is 353 g/mol. The minimum absolute atomic E-state index is 0.0554. The highest BCUT2D eigenvalue weighted by molar-refractivity contribution is 5.88. The Hall–Kier alpha value is -2.58. The number of hydrogen-bond acceptors (Lipinski definition) is 4. The minimum atomic E-state index is -4.54. The Kier molecular flexibility index (Phi) is 6.23. The lowest BCUT2D eigenvalue weighted by Gasteiger charge is -2.25. The van der Waals surface area contributed by atoms with Crippen LogP contribution in [0.1, 0.15) is 24.9 Å². The lowest BCUT2D eigenvalue weighted by molar-refractivity contribution is -0.154. The van der Waals surface area contributed by atoms with Gasteiger partial charge in [0.05, 0.1) is 12.0 Å². The van der Waals surface area contributed by atoms with Crippen LogP contribution >= 0.6 is 0 Å². The van der Waals surface area contributed by atoms with E-state index in [9.17, 15) is 27.6 Å². The molecule has 9 heteroatoms.